The van der Waals surface area contributed by atoms with Gasteiger partial charge < -0.3 is 19.5 Å². The van der Waals surface area contributed by atoms with Crippen molar-refractivity contribution >= 4 is 38.9 Å². The number of carbonyl (C=O) groups excluding carboxylic acids is 3. The fourth-order valence-corrected chi connectivity index (χ4v) is 5.64. The van der Waals surface area contributed by atoms with Crippen LogP contribution in [0.25, 0.3) is 0 Å². The number of piperazine rings is 1. The molecule has 1 saturated heterocycles. The first-order valence-corrected chi connectivity index (χ1v) is 12.6. The average molecular weight is 488 g/mol. The maximum absolute atomic E-state index is 13.3. The Balaban J connectivity index is 1.53. The molecule has 1 fully saturated rings. The molecule has 1 aliphatic heterocycles. The Kier molecular flexibility index (Phi) is 6.61. The maximum Gasteiger partial charge on any atom is 0.288 e. The molecule has 1 atom stereocenters. The summed E-state index contributed by atoms with van der Waals surface area (Å²) >= 11 is 1.34. The number of furan rings is 1. The van der Waals surface area contributed by atoms with Gasteiger partial charge in [-0.2, -0.15) is 0 Å². The van der Waals surface area contributed by atoms with Crippen LogP contribution in [0.5, 0.6) is 0 Å². The van der Waals surface area contributed by atoms with E-state index in [0.717, 1.165) is 0 Å². The summed E-state index contributed by atoms with van der Waals surface area (Å²) in [7, 11) is -4.24. The molecule has 0 spiro atoms. The molecule has 9 nitrogen and oxygen atoms in total. The normalized spacial score (nSPS) is 15.2. The predicted octanol–water partition coefficient (Wildman–Crippen LogP) is 1.86. The van der Waals surface area contributed by atoms with Crippen LogP contribution in [0.15, 0.2) is 75.6 Å². The van der Waals surface area contributed by atoms with Crippen molar-refractivity contribution in [1.29, 1.82) is 0 Å². The van der Waals surface area contributed by atoms with Gasteiger partial charge in [0.05, 0.1) is 16.0 Å². The van der Waals surface area contributed by atoms with Crippen LogP contribution < -0.4 is 5.32 Å². The zero-order chi connectivity index (χ0) is 23.4. The van der Waals surface area contributed by atoms with Crippen molar-refractivity contribution in [3.8, 4) is 0 Å². The Hall–Kier alpha value is -3.44. The van der Waals surface area contributed by atoms with Gasteiger partial charge in [-0.1, -0.05) is 24.3 Å². The molecular formula is C22H21N3O6S2. The highest BCUT2D eigenvalue weighted by Crippen LogP contribution is 2.19. The summed E-state index contributed by atoms with van der Waals surface area (Å²) in [4.78, 5) is 41.9. The van der Waals surface area contributed by atoms with Crippen molar-refractivity contribution in [3.05, 3.63) is 76.9 Å². The standard InChI is InChI=1S/C22H21N3O6S2/c26-19(17-8-4-14-31-17)23-20(33(29,30)16-6-2-1-3-7-16)22(28)25-12-10-24(11-13-25)21(27)18-9-5-15-32-18/h1-9,14-15,20H,10-13H2,(H,23,26)/t20-/m1/s1. The largest absolute Gasteiger partial charge is 0.459 e. The van der Waals surface area contributed by atoms with Crippen molar-refractivity contribution < 1.29 is 27.2 Å². The third-order valence-electron chi connectivity index (χ3n) is 5.22. The van der Waals surface area contributed by atoms with Crippen LogP contribution in [0.1, 0.15) is 20.2 Å². The van der Waals surface area contributed by atoms with Gasteiger partial charge in [-0.25, -0.2) is 8.42 Å². The van der Waals surface area contributed by atoms with E-state index in [0.29, 0.717) is 4.88 Å². The highest BCUT2D eigenvalue weighted by atomic mass is 32.2. The number of benzene rings is 1. The summed E-state index contributed by atoms with van der Waals surface area (Å²) < 4.78 is 31.6. The molecule has 3 aromatic rings. The fourth-order valence-electron chi connectivity index (χ4n) is 3.47. The molecule has 0 bridgehead atoms. The minimum Gasteiger partial charge on any atom is -0.459 e. The van der Waals surface area contributed by atoms with E-state index in [9.17, 15) is 22.8 Å². The van der Waals surface area contributed by atoms with Gasteiger partial charge in [-0.15, -0.1) is 11.3 Å². The summed E-state index contributed by atoms with van der Waals surface area (Å²) in [5.41, 5.74) is 0. The average Bonchev–Trinajstić information content (AvgIpc) is 3.57. The number of nitrogens with one attached hydrogen (secondary N) is 1. The number of amides is 3. The maximum atomic E-state index is 13.3. The van der Waals surface area contributed by atoms with E-state index in [2.05, 4.69) is 5.32 Å². The number of sulfone groups is 1. The van der Waals surface area contributed by atoms with Crippen LogP contribution in [-0.4, -0.2) is 67.5 Å². The first-order valence-electron chi connectivity index (χ1n) is 10.1. The molecule has 33 heavy (non-hydrogen) atoms. The van der Waals surface area contributed by atoms with Crippen molar-refractivity contribution in [1.82, 2.24) is 15.1 Å². The van der Waals surface area contributed by atoms with E-state index in [1.807, 2.05) is 5.38 Å². The van der Waals surface area contributed by atoms with E-state index in [4.69, 9.17) is 4.42 Å². The Labute approximate surface area is 194 Å². The molecule has 172 valence electrons. The Morgan fingerprint density at radius 3 is 2.21 bits per heavy atom. The molecule has 0 aliphatic carbocycles. The summed E-state index contributed by atoms with van der Waals surface area (Å²) in [6, 6.07) is 13.9. The first kappa shape index (κ1) is 22.7. The summed E-state index contributed by atoms with van der Waals surface area (Å²) in [5.74, 6) is -1.81. The van der Waals surface area contributed by atoms with Gasteiger partial charge in [0, 0.05) is 26.2 Å². The lowest BCUT2D eigenvalue weighted by Crippen LogP contribution is -2.57. The van der Waals surface area contributed by atoms with Gasteiger partial charge in [0.2, 0.25) is 15.2 Å². The second-order valence-electron chi connectivity index (χ2n) is 7.28. The van der Waals surface area contributed by atoms with Crippen LogP contribution in [0.2, 0.25) is 0 Å². The van der Waals surface area contributed by atoms with Gasteiger partial charge in [0.25, 0.3) is 17.7 Å². The van der Waals surface area contributed by atoms with Crippen LogP contribution in [-0.2, 0) is 14.6 Å². The Morgan fingerprint density at radius 1 is 0.909 bits per heavy atom. The summed E-state index contributed by atoms with van der Waals surface area (Å²) in [6.07, 6.45) is 1.28. The minimum atomic E-state index is -4.24. The van der Waals surface area contributed by atoms with Gasteiger partial charge in [-0.05, 0) is 35.7 Å². The van der Waals surface area contributed by atoms with Crippen LogP contribution in [0, 0.1) is 0 Å². The van der Waals surface area contributed by atoms with E-state index in [-0.39, 0.29) is 42.7 Å². The van der Waals surface area contributed by atoms with Crippen LogP contribution in [0.4, 0.5) is 0 Å². The fraction of sp³-hybridized carbons (Fsp3) is 0.227. The SMILES string of the molecule is O=C(N[C@@H](C(=O)N1CCN(C(=O)c2cccs2)CC1)S(=O)(=O)c1ccccc1)c1ccco1. The lowest BCUT2D eigenvalue weighted by molar-refractivity contribution is -0.132. The highest BCUT2D eigenvalue weighted by molar-refractivity contribution is 7.92. The number of rotatable bonds is 6. The number of carbonyl (C=O) groups is 3. The molecule has 2 aromatic heterocycles. The molecule has 1 aromatic carbocycles. The second-order valence-corrected chi connectivity index (χ2v) is 10.3. The molecule has 0 saturated carbocycles. The molecule has 4 rings (SSSR count). The van der Waals surface area contributed by atoms with Crippen molar-refractivity contribution in [2.45, 2.75) is 10.3 Å². The number of hydrogen-bond donors (Lipinski definition) is 1. The first-order chi connectivity index (χ1) is 15.9. The summed E-state index contributed by atoms with van der Waals surface area (Å²) in [6.45, 7) is 0.806. The summed E-state index contributed by atoms with van der Waals surface area (Å²) in [5, 5.41) is 2.30. The number of nitrogens with zero attached hydrogens (tertiary/aromatic N) is 2. The molecule has 1 N–H and O–H groups in total. The van der Waals surface area contributed by atoms with Crippen LogP contribution in [0.3, 0.4) is 0 Å². The quantitative estimate of drug-likeness (QED) is 0.567. The third-order valence-corrected chi connectivity index (χ3v) is 7.95. The van der Waals surface area contributed by atoms with E-state index >= 15 is 0 Å². The topological polar surface area (TPSA) is 117 Å². The minimum absolute atomic E-state index is 0.0883. The molecule has 1 aliphatic rings. The van der Waals surface area contributed by atoms with Crippen molar-refractivity contribution in [3.63, 3.8) is 0 Å². The monoisotopic (exact) mass is 487 g/mol. The van der Waals surface area contributed by atoms with Crippen molar-refractivity contribution in [2.24, 2.45) is 0 Å². The number of hydrogen-bond acceptors (Lipinski definition) is 7. The smallest absolute Gasteiger partial charge is 0.288 e. The Bertz CT molecular complexity index is 1220. The molecule has 11 heteroatoms. The van der Waals surface area contributed by atoms with E-state index in [1.165, 1.54) is 58.9 Å². The third kappa shape index (κ3) is 4.83. The van der Waals surface area contributed by atoms with Gasteiger partial charge in [0.1, 0.15) is 0 Å². The lowest BCUT2D eigenvalue weighted by atomic mass is 10.3. The molecule has 3 heterocycles. The zero-order valence-electron chi connectivity index (χ0n) is 17.4. The second kappa shape index (κ2) is 9.59. The molecule has 3 amide bonds. The highest BCUT2D eigenvalue weighted by Gasteiger charge is 2.40. The van der Waals surface area contributed by atoms with Crippen molar-refractivity contribution in [2.75, 3.05) is 26.2 Å². The van der Waals surface area contributed by atoms with Gasteiger partial charge >= 0.3 is 0 Å². The molecule has 0 radical (unpaired) electrons. The van der Waals surface area contributed by atoms with E-state index in [1.54, 1.807) is 23.1 Å². The Morgan fingerprint density at radius 2 is 1.61 bits per heavy atom. The van der Waals surface area contributed by atoms with Gasteiger partial charge in [0.15, 0.2) is 5.76 Å². The van der Waals surface area contributed by atoms with Crippen LogP contribution >= 0.6 is 11.3 Å². The molecular weight excluding hydrogens is 466 g/mol. The van der Waals surface area contributed by atoms with E-state index < -0.39 is 27.0 Å². The van der Waals surface area contributed by atoms with Gasteiger partial charge in [-0.3, -0.25) is 14.4 Å². The molecule has 0 unspecified atom stereocenters. The predicted molar refractivity (Wildman–Crippen MR) is 120 cm³/mol. The number of thiophene rings is 1. The lowest BCUT2D eigenvalue weighted by Gasteiger charge is -2.36. The zero-order valence-corrected chi connectivity index (χ0v) is 19.1.